The van der Waals surface area contributed by atoms with Gasteiger partial charge in [0.25, 0.3) is 5.91 Å². The van der Waals surface area contributed by atoms with Crippen LogP contribution < -0.4 is 16.0 Å². The van der Waals surface area contributed by atoms with E-state index in [1.807, 2.05) is 32.0 Å². The molecule has 0 fully saturated rings. The molecule has 0 radical (unpaired) electrons. The monoisotopic (exact) mass is 410 g/mol. The lowest BCUT2D eigenvalue weighted by Gasteiger charge is -2.20. The number of quaternary nitrogens is 1. The number of benzene rings is 2. The van der Waals surface area contributed by atoms with Crippen LogP contribution in [0.15, 0.2) is 42.5 Å². The van der Waals surface area contributed by atoms with E-state index in [2.05, 4.69) is 61.0 Å². The Labute approximate surface area is 180 Å². The van der Waals surface area contributed by atoms with Crippen LogP contribution in [0.2, 0.25) is 0 Å². The number of rotatable bonds is 10. The molecule has 2 aromatic carbocycles. The maximum Gasteiger partial charge on any atom is 0.275 e. The molecule has 0 aliphatic heterocycles. The van der Waals surface area contributed by atoms with Crippen molar-refractivity contribution in [2.75, 3.05) is 18.4 Å². The predicted octanol–water partition coefficient (Wildman–Crippen LogP) is 3.27. The molecular formula is C25H36N3O2+. The fourth-order valence-electron chi connectivity index (χ4n) is 3.67. The lowest BCUT2D eigenvalue weighted by atomic mass is 9.94. The number of carbonyl (C=O) groups is 2. The number of hydrogen-bond acceptors (Lipinski definition) is 2. The second-order valence-corrected chi connectivity index (χ2v) is 8.29. The van der Waals surface area contributed by atoms with Gasteiger partial charge in [-0.25, -0.2) is 0 Å². The molecule has 2 aromatic rings. The summed E-state index contributed by atoms with van der Waals surface area (Å²) in [5.41, 5.74) is 5.40. The van der Waals surface area contributed by atoms with Crippen LogP contribution in [0.1, 0.15) is 55.5 Å². The first-order valence-electron chi connectivity index (χ1n) is 10.9. The second-order valence-electron chi connectivity index (χ2n) is 8.29. The Bertz CT molecular complexity index is 824. The third-order valence-electron chi connectivity index (χ3n) is 5.37. The van der Waals surface area contributed by atoms with Crippen molar-refractivity contribution in [3.63, 3.8) is 0 Å². The summed E-state index contributed by atoms with van der Waals surface area (Å²) in [6, 6.07) is 14.8. The van der Waals surface area contributed by atoms with Gasteiger partial charge in [0.2, 0.25) is 5.91 Å². The number of carbonyl (C=O) groups excluding carboxylic acids is 2. The van der Waals surface area contributed by atoms with Crippen molar-refractivity contribution in [1.29, 1.82) is 0 Å². The molecule has 2 rings (SSSR count). The van der Waals surface area contributed by atoms with Crippen molar-refractivity contribution in [1.82, 2.24) is 5.32 Å². The van der Waals surface area contributed by atoms with E-state index in [9.17, 15) is 9.59 Å². The van der Waals surface area contributed by atoms with E-state index in [-0.39, 0.29) is 30.9 Å². The summed E-state index contributed by atoms with van der Waals surface area (Å²) in [6.07, 6.45) is 2.22. The van der Waals surface area contributed by atoms with Gasteiger partial charge in [-0.15, -0.1) is 0 Å². The molecule has 162 valence electrons. The van der Waals surface area contributed by atoms with E-state index in [4.69, 9.17) is 0 Å². The van der Waals surface area contributed by atoms with E-state index in [1.165, 1.54) is 11.1 Å². The zero-order valence-electron chi connectivity index (χ0n) is 18.9. The highest BCUT2D eigenvalue weighted by molar-refractivity contribution is 5.95. The lowest BCUT2D eigenvalue weighted by molar-refractivity contribution is -0.692. The van der Waals surface area contributed by atoms with Crippen LogP contribution in [0.3, 0.4) is 0 Å². The van der Waals surface area contributed by atoms with Crippen LogP contribution >= 0.6 is 0 Å². The Morgan fingerprint density at radius 1 is 0.967 bits per heavy atom. The highest BCUT2D eigenvalue weighted by Crippen LogP contribution is 2.19. The normalized spacial score (nSPS) is 11.9. The van der Waals surface area contributed by atoms with Crippen LogP contribution in [-0.2, 0) is 16.0 Å². The van der Waals surface area contributed by atoms with Crippen molar-refractivity contribution >= 4 is 17.5 Å². The number of nitrogens with one attached hydrogen (secondary N) is 2. The topological polar surface area (TPSA) is 74.8 Å². The van der Waals surface area contributed by atoms with Crippen LogP contribution in [0.25, 0.3) is 0 Å². The summed E-state index contributed by atoms with van der Waals surface area (Å²) in [5.74, 6) is 0.0368. The summed E-state index contributed by atoms with van der Waals surface area (Å²) in [4.78, 5) is 24.5. The van der Waals surface area contributed by atoms with E-state index in [0.29, 0.717) is 5.92 Å². The van der Waals surface area contributed by atoms with Gasteiger partial charge in [-0.3, -0.25) is 9.59 Å². The zero-order valence-corrected chi connectivity index (χ0v) is 18.9. The summed E-state index contributed by atoms with van der Waals surface area (Å²) >= 11 is 0. The molecular weight excluding hydrogens is 374 g/mol. The summed E-state index contributed by atoms with van der Waals surface area (Å²) in [6.45, 7) is 10.7. The summed E-state index contributed by atoms with van der Waals surface area (Å²) in [7, 11) is 0. The van der Waals surface area contributed by atoms with E-state index in [1.54, 1.807) is 0 Å². The van der Waals surface area contributed by atoms with Gasteiger partial charge in [-0.2, -0.15) is 0 Å². The van der Waals surface area contributed by atoms with Gasteiger partial charge in [0.1, 0.15) is 6.04 Å². The quantitative estimate of drug-likeness (QED) is 0.562. The maximum absolute atomic E-state index is 12.3. The van der Waals surface area contributed by atoms with Gasteiger partial charge >= 0.3 is 0 Å². The first kappa shape index (κ1) is 23.6. The second kappa shape index (κ2) is 11.5. The number of anilines is 1. The van der Waals surface area contributed by atoms with E-state index in [0.717, 1.165) is 29.7 Å². The number of nitrogens with two attached hydrogens (primary N) is 1. The third-order valence-corrected chi connectivity index (χ3v) is 5.37. The van der Waals surface area contributed by atoms with E-state index < -0.39 is 0 Å². The zero-order chi connectivity index (χ0) is 22.1. The molecule has 0 spiro atoms. The number of hydrogen-bond donors (Lipinski definition) is 3. The predicted molar refractivity (Wildman–Crippen MR) is 122 cm³/mol. The van der Waals surface area contributed by atoms with Gasteiger partial charge in [0, 0.05) is 17.2 Å². The molecule has 0 heterocycles. The molecule has 5 nitrogen and oxygen atoms in total. The molecule has 0 aromatic heterocycles. The molecule has 0 unspecified atom stereocenters. The number of aryl methyl sites for hydroxylation is 3. The van der Waals surface area contributed by atoms with Crippen molar-refractivity contribution in [2.45, 2.75) is 53.5 Å². The van der Waals surface area contributed by atoms with Gasteiger partial charge < -0.3 is 16.0 Å². The standard InChI is InChI=1S/C25H35N3O2/c1-6-8-20-11-13-21(14-12-20)24(17(2)3)27-15-22(29)26-16-23(30)28-25-18(4)9-7-10-19(25)5/h7,9-14,17,24,27H,6,8,15-16H2,1-5H3,(H,26,29)(H,28,30)/p+1/t24-/m0/s1. The largest absolute Gasteiger partial charge is 0.342 e. The lowest BCUT2D eigenvalue weighted by Crippen LogP contribution is -2.88. The number of amides is 2. The first-order chi connectivity index (χ1) is 14.3. The Balaban J connectivity index is 1.85. The number of para-hydroxylation sites is 1. The average molecular weight is 411 g/mol. The smallest absolute Gasteiger partial charge is 0.275 e. The highest BCUT2D eigenvalue weighted by Gasteiger charge is 2.20. The molecule has 0 aliphatic carbocycles. The van der Waals surface area contributed by atoms with E-state index >= 15 is 0 Å². The fraction of sp³-hybridized carbons (Fsp3) is 0.440. The molecule has 1 atom stereocenters. The minimum Gasteiger partial charge on any atom is -0.342 e. The van der Waals surface area contributed by atoms with Gasteiger partial charge in [0.15, 0.2) is 6.54 Å². The van der Waals surface area contributed by atoms with Crippen LogP contribution in [0.5, 0.6) is 0 Å². The summed E-state index contributed by atoms with van der Waals surface area (Å²) in [5, 5.41) is 7.68. The Morgan fingerprint density at radius 2 is 1.60 bits per heavy atom. The minimum absolute atomic E-state index is 0.0293. The molecule has 4 N–H and O–H groups in total. The first-order valence-corrected chi connectivity index (χ1v) is 10.9. The van der Waals surface area contributed by atoms with Crippen molar-refractivity contribution in [2.24, 2.45) is 5.92 Å². The van der Waals surface area contributed by atoms with Gasteiger partial charge in [0.05, 0.1) is 6.54 Å². The van der Waals surface area contributed by atoms with Gasteiger partial charge in [-0.05, 0) is 37.0 Å². The van der Waals surface area contributed by atoms with Crippen LogP contribution in [0, 0.1) is 19.8 Å². The van der Waals surface area contributed by atoms with Crippen molar-refractivity contribution in [3.05, 3.63) is 64.7 Å². The molecule has 30 heavy (non-hydrogen) atoms. The Hall–Kier alpha value is -2.66. The molecule has 0 saturated carbocycles. The summed E-state index contributed by atoms with van der Waals surface area (Å²) < 4.78 is 0. The third kappa shape index (κ3) is 6.99. The minimum atomic E-state index is -0.215. The molecule has 0 saturated heterocycles. The Morgan fingerprint density at radius 3 is 2.17 bits per heavy atom. The molecule has 0 aliphatic rings. The SMILES string of the molecule is CCCc1ccc([C@@H]([NH2+]CC(=O)NCC(=O)Nc2c(C)cccc2C)C(C)C)cc1. The van der Waals surface area contributed by atoms with Crippen LogP contribution in [0.4, 0.5) is 5.69 Å². The van der Waals surface area contributed by atoms with Gasteiger partial charge in [-0.1, -0.05) is 69.7 Å². The fourth-order valence-corrected chi connectivity index (χ4v) is 3.67. The molecule has 5 heteroatoms. The molecule has 2 amide bonds. The molecule has 0 bridgehead atoms. The average Bonchev–Trinajstić information content (AvgIpc) is 2.70. The highest BCUT2D eigenvalue weighted by atomic mass is 16.2. The maximum atomic E-state index is 12.3. The van der Waals surface area contributed by atoms with Crippen LogP contribution in [-0.4, -0.2) is 24.9 Å². The van der Waals surface area contributed by atoms with Crippen molar-refractivity contribution in [3.8, 4) is 0 Å². The Kier molecular flexibility index (Phi) is 9.06. The van der Waals surface area contributed by atoms with Crippen molar-refractivity contribution < 1.29 is 14.9 Å².